The molecule has 0 aliphatic carbocycles. The highest BCUT2D eigenvalue weighted by atomic mass is 16.5. The van der Waals surface area contributed by atoms with Gasteiger partial charge >= 0.3 is 0 Å². The Morgan fingerprint density at radius 2 is 2.13 bits per heavy atom. The van der Waals surface area contributed by atoms with Gasteiger partial charge in [-0.25, -0.2) is 15.0 Å². The number of hydrogen-bond donors (Lipinski definition) is 0. The molecule has 2 aromatic rings. The highest BCUT2D eigenvalue weighted by molar-refractivity contribution is 5.50. The van der Waals surface area contributed by atoms with Crippen molar-refractivity contribution >= 4 is 0 Å². The van der Waals surface area contributed by atoms with Gasteiger partial charge < -0.3 is 4.74 Å². The Labute approximate surface area is 87.2 Å². The normalized spacial score (nSPS) is 10.0. The lowest BCUT2D eigenvalue weighted by atomic mass is 10.3. The fourth-order valence-corrected chi connectivity index (χ4v) is 1.08. The summed E-state index contributed by atoms with van der Waals surface area (Å²) in [7, 11) is 1.53. The molecule has 2 heterocycles. The lowest BCUT2D eigenvalue weighted by Crippen LogP contribution is -1.94. The van der Waals surface area contributed by atoms with Crippen LogP contribution < -0.4 is 4.74 Å². The predicted octanol–water partition coefficient (Wildman–Crippen LogP) is 1.05. The van der Waals surface area contributed by atoms with Gasteiger partial charge in [-0.15, -0.1) is 0 Å². The largest absolute Gasteiger partial charge is 0.480 e. The summed E-state index contributed by atoms with van der Waals surface area (Å²) in [5.41, 5.74) is 2.05. The van der Waals surface area contributed by atoms with Gasteiger partial charge in [0.2, 0.25) is 5.88 Å². The van der Waals surface area contributed by atoms with E-state index < -0.39 is 0 Å². The van der Waals surface area contributed by atoms with Crippen LogP contribution in [-0.4, -0.2) is 27.0 Å². The van der Waals surface area contributed by atoms with Crippen molar-refractivity contribution in [1.82, 2.24) is 19.9 Å². The maximum Gasteiger partial charge on any atom is 0.232 e. The van der Waals surface area contributed by atoms with Gasteiger partial charge in [0.15, 0.2) is 0 Å². The van der Waals surface area contributed by atoms with Crippen molar-refractivity contribution in [3.05, 3.63) is 30.5 Å². The summed E-state index contributed by atoms with van der Waals surface area (Å²) in [6.45, 7) is 1.87. The zero-order chi connectivity index (χ0) is 10.7. The Morgan fingerprint density at radius 3 is 2.73 bits per heavy atom. The van der Waals surface area contributed by atoms with E-state index in [-0.39, 0.29) is 0 Å². The molecule has 0 N–H and O–H groups in total. The molecule has 1 radical (unpaired) electrons. The van der Waals surface area contributed by atoms with Gasteiger partial charge in [-0.05, 0) is 6.92 Å². The van der Waals surface area contributed by atoms with Gasteiger partial charge in [-0.2, -0.15) is 0 Å². The van der Waals surface area contributed by atoms with E-state index in [2.05, 4.69) is 26.1 Å². The summed E-state index contributed by atoms with van der Waals surface area (Å²) in [6, 6.07) is 0. The molecule has 0 aliphatic heterocycles. The fourth-order valence-electron chi connectivity index (χ4n) is 1.08. The van der Waals surface area contributed by atoms with E-state index in [1.54, 1.807) is 12.4 Å². The quantitative estimate of drug-likeness (QED) is 0.726. The summed E-state index contributed by atoms with van der Waals surface area (Å²) in [5.74, 6) is 0.430. The van der Waals surface area contributed by atoms with Crippen LogP contribution >= 0.6 is 0 Å². The molecule has 2 aromatic heterocycles. The number of aromatic nitrogens is 4. The van der Waals surface area contributed by atoms with Crippen LogP contribution in [0.3, 0.4) is 0 Å². The number of hydrogen-bond acceptors (Lipinski definition) is 5. The summed E-state index contributed by atoms with van der Waals surface area (Å²) < 4.78 is 4.89. The topological polar surface area (TPSA) is 60.8 Å². The maximum atomic E-state index is 4.89. The number of ether oxygens (including phenoxy) is 1. The lowest BCUT2D eigenvalue weighted by molar-refractivity contribution is 0.395. The first-order valence-electron chi connectivity index (χ1n) is 4.37. The van der Waals surface area contributed by atoms with E-state index in [1.807, 2.05) is 6.92 Å². The third-order valence-electron chi connectivity index (χ3n) is 1.78. The summed E-state index contributed by atoms with van der Waals surface area (Å²) in [5, 5.41) is 0. The first-order valence-corrected chi connectivity index (χ1v) is 4.37. The van der Waals surface area contributed by atoms with Crippen molar-refractivity contribution in [2.75, 3.05) is 7.11 Å². The molecule has 0 bridgehead atoms. The Morgan fingerprint density at radius 1 is 1.27 bits per heavy atom. The summed E-state index contributed by atoms with van der Waals surface area (Å²) >= 11 is 0. The van der Waals surface area contributed by atoms with Crippen LogP contribution in [0.15, 0.2) is 18.6 Å². The molecule has 0 aliphatic rings. The van der Waals surface area contributed by atoms with Crippen molar-refractivity contribution in [2.45, 2.75) is 6.92 Å². The zero-order valence-electron chi connectivity index (χ0n) is 8.43. The molecule has 0 atom stereocenters. The average molecular weight is 201 g/mol. The third kappa shape index (κ3) is 2.07. The van der Waals surface area contributed by atoms with E-state index in [1.165, 1.54) is 13.3 Å². The monoisotopic (exact) mass is 201 g/mol. The second-order valence-electron chi connectivity index (χ2n) is 2.92. The Balaban J connectivity index is 2.37. The first-order chi connectivity index (χ1) is 7.29. The maximum absolute atomic E-state index is 4.89. The van der Waals surface area contributed by atoms with Crippen molar-refractivity contribution in [2.24, 2.45) is 0 Å². The Bertz CT molecular complexity index is 455. The van der Waals surface area contributed by atoms with Crippen LogP contribution in [0.25, 0.3) is 11.4 Å². The SMILES string of the molecule is COc1cnc(-c2cncc(C)n2)[c]n1. The highest BCUT2D eigenvalue weighted by Crippen LogP contribution is 2.13. The molecule has 0 amide bonds. The minimum atomic E-state index is 0.430. The van der Waals surface area contributed by atoms with Gasteiger partial charge in [0.25, 0.3) is 0 Å². The summed E-state index contributed by atoms with van der Waals surface area (Å²) in [6.07, 6.45) is 7.57. The first kappa shape index (κ1) is 9.51. The van der Waals surface area contributed by atoms with Gasteiger partial charge in [0.05, 0.1) is 25.2 Å². The molecule has 0 fully saturated rings. The van der Waals surface area contributed by atoms with E-state index in [0.29, 0.717) is 17.3 Å². The minimum absolute atomic E-state index is 0.430. The van der Waals surface area contributed by atoms with Crippen LogP contribution in [0, 0.1) is 13.1 Å². The van der Waals surface area contributed by atoms with Crippen molar-refractivity contribution in [3.8, 4) is 17.3 Å². The van der Waals surface area contributed by atoms with E-state index in [9.17, 15) is 0 Å². The number of methoxy groups -OCH3 is 1. The Hall–Kier alpha value is -2.04. The Kier molecular flexibility index (Phi) is 2.53. The molecule has 0 spiro atoms. The van der Waals surface area contributed by atoms with Crippen LogP contribution in [0.2, 0.25) is 0 Å². The third-order valence-corrected chi connectivity index (χ3v) is 1.78. The number of nitrogens with zero attached hydrogens (tertiary/aromatic N) is 4. The predicted molar refractivity (Wildman–Crippen MR) is 53.2 cm³/mol. The van der Waals surface area contributed by atoms with Crippen LogP contribution in [0.5, 0.6) is 5.88 Å². The molecule has 2 rings (SSSR count). The summed E-state index contributed by atoms with van der Waals surface area (Å²) in [4.78, 5) is 16.3. The van der Waals surface area contributed by atoms with E-state index in [0.717, 1.165) is 5.69 Å². The molecular weight excluding hydrogens is 192 g/mol. The van der Waals surface area contributed by atoms with Crippen LogP contribution in [0.4, 0.5) is 0 Å². The molecule has 0 saturated carbocycles. The van der Waals surface area contributed by atoms with E-state index in [4.69, 9.17) is 4.74 Å². The molecule has 5 heteroatoms. The minimum Gasteiger partial charge on any atom is -0.480 e. The number of rotatable bonds is 2. The molecule has 0 aromatic carbocycles. The van der Waals surface area contributed by atoms with Gasteiger partial charge in [0, 0.05) is 6.20 Å². The molecule has 15 heavy (non-hydrogen) atoms. The van der Waals surface area contributed by atoms with Gasteiger partial charge in [-0.3, -0.25) is 4.98 Å². The molecule has 75 valence electrons. The van der Waals surface area contributed by atoms with Crippen molar-refractivity contribution < 1.29 is 4.74 Å². The lowest BCUT2D eigenvalue weighted by Gasteiger charge is -2.00. The fraction of sp³-hybridized carbons (Fsp3) is 0.200. The molecular formula is C10H9N4O. The average Bonchev–Trinajstić information content (AvgIpc) is 2.29. The highest BCUT2D eigenvalue weighted by Gasteiger charge is 2.03. The number of aryl methyl sites for hydroxylation is 1. The van der Waals surface area contributed by atoms with Crippen molar-refractivity contribution in [1.29, 1.82) is 0 Å². The van der Waals surface area contributed by atoms with Crippen molar-refractivity contribution in [3.63, 3.8) is 0 Å². The van der Waals surface area contributed by atoms with Gasteiger partial charge in [0.1, 0.15) is 17.6 Å². The van der Waals surface area contributed by atoms with Gasteiger partial charge in [-0.1, -0.05) is 0 Å². The van der Waals surface area contributed by atoms with Crippen LogP contribution in [0.1, 0.15) is 5.69 Å². The second kappa shape index (κ2) is 4.00. The molecule has 0 saturated heterocycles. The zero-order valence-corrected chi connectivity index (χ0v) is 8.43. The smallest absolute Gasteiger partial charge is 0.232 e. The second-order valence-corrected chi connectivity index (χ2v) is 2.92. The molecule has 0 unspecified atom stereocenters. The van der Waals surface area contributed by atoms with E-state index >= 15 is 0 Å². The standard InChI is InChI=1S/C10H9N4O/c1-7-3-11-4-9(14-7)8-5-13-10(15-2)6-12-8/h3-4,6H,1-2H3. The van der Waals surface area contributed by atoms with Crippen LogP contribution in [-0.2, 0) is 0 Å². The molecule has 5 nitrogen and oxygen atoms in total.